The summed E-state index contributed by atoms with van der Waals surface area (Å²) in [5.41, 5.74) is 1.56. The summed E-state index contributed by atoms with van der Waals surface area (Å²) in [6, 6.07) is 7.07. The van der Waals surface area contributed by atoms with Gasteiger partial charge in [-0.1, -0.05) is 12.1 Å². The third-order valence-corrected chi connectivity index (χ3v) is 5.17. The number of ether oxygens (including phenoxy) is 1. The Morgan fingerprint density at radius 1 is 1.27 bits per heavy atom. The molecule has 1 aromatic heterocycles. The van der Waals surface area contributed by atoms with Gasteiger partial charge in [-0.25, -0.2) is 9.97 Å². The minimum absolute atomic E-state index is 0.0731. The molecule has 1 aliphatic heterocycles. The Bertz CT molecular complexity index is 915. The van der Waals surface area contributed by atoms with Gasteiger partial charge >= 0.3 is 0 Å². The van der Waals surface area contributed by atoms with Crippen molar-refractivity contribution < 1.29 is 14.3 Å². The number of nitrogens with zero attached hydrogens (tertiary/aromatic N) is 4. The summed E-state index contributed by atoms with van der Waals surface area (Å²) in [5, 5.41) is 2.85. The molecule has 3 rings (SSSR count). The van der Waals surface area contributed by atoms with E-state index in [4.69, 9.17) is 4.74 Å². The molecule has 0 unspecified atom stereocenters. The minimum Gasteiger partial charge on any atom is -0.495 e. The molecule has 8 nitrogen and oxygen atoms in total. The molecule has 0 spiro atoms. The number of nitrogens with one attached hydrogen (secondary N) is 1. The number of likely N-dealkylation sites (tertiary alicyclic amines) is 1. The van der Waals surface area contributed by atoms with Crippen molar-refractivity contribution in [2.45, 2.75) is 32.2 Å². The lowest BCUT2D eigenvalue weighted by atomic mass is 10.0. The van der Waals surface area contributed by atoms with Gasteiger partial charge in [0.05, 0.1) is 36.6 Å². The highest BCUT2D eigenvalue weighted by Gasteiger charge is 2.30. The Balaban J connectivity index is 1.80. The third-order valence-electron chi connectivity index (χ3n) is 5.17. The van der Waals surface area contributed by atoms with Crippen molar-refractivity contribution in [1.29, 1.82) is 0 Å². The fourth-order valence-electron chi connectivity index (χ4n) is 3.67. The van der Waals surface area contributed by atoms with Crippen molar-refractivity contribution >= 4 is 17.5 Å². The smallest absolute Gasteiger partial charge is 0.259 e. The second kappa shape index (κ2) is 9.67. The molecule has 2 amide bonds. The highest BCUT2D eigenvalue weighted by molar-refractivity contribution is 6.05. The molecule has 1 aromatic carbocycles. The van der Waals surface area contributed by atoms with E-state index in [1.54, 1.807) is 32.4 Å². The zero-order valence-corrected chi connectivity index (χ0v) is 18.0. The van der Waals surface area contributed by atoms with Crippen LogP contribution in [0.15, 0.2) is 30.5 Å². The van der Waals surface area contributed by atoms with Crippen molar-refractivity contribution in [3.05, 3.63) is 47.5 Å². The van der Waals surface area contributed by atoms with Gasteiger partial charge in [-0.05, 0) is 52.4 Å². The molecule has 2 heterocycles. The second-order valence-corrected chi connectivity index (χ2v) is 7.72. The Morgan fingerprint density at radius 3 is 2.73 bits per heavy atom. The Morgan fingerprint density at radius 2 is 2.03 bits per heavy atom. The Labute approximate surface area is 177 Å². The third kappa shape index (κ3) is 4.94. The Hall–Kier alpha value is -3.00. The number of likely N-dealkylation sites (N-methyl/N-ethyl adjacent to an activating group) is 1. The average molecular weight is 412 g/mol. The van der Waals surface area contributed by atoms with Crippen LogP contribution in [0.2, 0.25) is 0 Å². The summed E-state index contributed by atoms with van der Waals surface area (Å²) in [4.78, 5) is 38.2. The van der Waals surface area contributed by atoms with E-state index in [9.17, 15) is 9.59 Å². The maximum Gasteiger partial charge on any atom is 0.259 e. The highest BCUT2D eigenvalue weighted by Crippen LogP contribution is 2.29. The second-order valence-electron chi connectivity index (χ2n) is 7.72. The molecule has 0 bridgehead atoms. The van der Waals surface area contributed by atoms with Gasteiger partial charge < -0.3 is 19.9 Å². The molecule has 1 fully saturated rings. The maximum absolute atomic E-state index is 12.8. The molecule has 30 heavy (non-hydrogen) atoms. The SMILES string of the molecule is COc1ccccc1NC(=O)c1cnc([C@H]2CCCCN2C(=O)CN(C)C)nc1C. The van der Waals surface area contributed by atoms with Crippen LogP contribution in [0.1, 0.15) is 47.2 Å². The number of piperidine rings is 1. The van der Waals surface area contributed by atoms with Gasteiger partial charge in [0.2, 0.25) is 5.91 Å². The number of amides is 2. The van der Waals surface area contributed by atoms with Crippen molar-refractivity contribution in [3.63, 3.8) is 0 Å². The molecule has 0 radical (unpaired) electrons. The number of anilines is 1. The number of hydrogen-bond acceptors (Lipinski definition) is 6. The van der Waals surface area contributed by atoms with Crippen LogP contribution in [0.3, 0.4) is 0 Å². The normalized spacial score (nSPS) is 16.4. The van der Waals surface area contributed by atoms with E-state index in [1.807, 2.05) is 36.0 Å². The van der Waals surface area contributed by atoms with E-state index in [0.717, 1.165) is 19.3 Å². The van der Waals surface area contributed by atoms with Gasteiger partial charge in [0.15, 0.2) is 5.82 Å². The van der Waals surface area contributed by atoms with Gasteiger partial charge in [0, 0.05) is 12.7 Å². The molecule has 0 saturated carbocycles. The van der Waals surface area contributed by atoms with E-state index in [2.05, 4.69) is 15.3 Å². The van der Waals surface area contributed by atoms with Crippen LogP contribution >= 0.6 is 0 Å². The lowest BCUT2D eigenvalue weighted by Gasteiger charge is -2.35. The van der Waals surface area contributed by atoms with Crippen molar-refractivity contribution in [2.75, 3.05) is 39.6 Å². The summed E-state index contributed by atoms with van der Waals surface area (Å²) >= 11 is 0. The minimum atomic E-state index is -0.298. The first-order valence-corrected chi connectivity index (χ1v) is 10.1. The number of methoxy groups -OCH3 is 1. The number of rotatable bonds is 6. The average Bonchev–Trinajstić information content (AvgIpc) is 2.73. The number of para-hydroxylation sites is 2. The van der Waals surface area contributed by atoms with E-state index in [-0.39, 0.29) is 17.9 Å². The maximum atomic E-state index is 12.8. The number of hydrogen-bond donors (Lipinski definition) is 1. The molecule has 160 valence electrons. The number of aryl methyl sites for hydroxylation is 1. The quantitative estimate of drug-likeness (QED) is 0.786. The molecule has 1 aliphatic rings. The summed E-state index contributed by atoms with van der Waals surface area (Å²) in [6.07, 6.45) is 4.37. The molecule has 2 aromatic rings. The first-order valence-electron chi connectivity index (χ1n) is 10.1. The predicted octanol–water partition coefficient (Wildman–Crippen LogP) is 2.66. The van der Waals surface area contributed by atoms with E-state index in [0.29, 0.717) is 41.6 Å². The van der Waals surface area contributed by atoms with Crippen LogP contribution < -0.4 is 10.1 Å². The molecule has 1 N–H and O–H groups in total. The standard InChI is InChI=1S/C22H29N5O3/c1-15-16(22(29)25-17-9-5-6-11-19(17)30-4)13-23-21(24-15)18-10-7-8-12-27(18)20(28)14-26(2)3/h5-6,9,11,13,18H,7-8,10,12,14H2,1-4H3,(H,25,29)/t18-/m1/s1. The highest BCUT2D eigenvalue weighted by atomic mass is 16.5. The molecule has 8 heteroatoms. The van der Waals surface area contributed by atoms with Crippen molar-refractivity contribution in [3.8, 4) is 5.75 Å². The van der Waals surface area contributed by atoms with Crippen LogP contribution in [0, 0.1) is 6.92 Å². The van der Waals surface area contributed by atoms with Crippen molar-refractivity contribution in [1.82, 2.24) is 19.8 Å². The first kappa shape index (κ1) is 21.7. The van der Waals surface area contributed by atoms with E-state index >= 15 is 0 Å². The van der Waals surface area contributed by atoms with Crippen molar-refractivity contribution in [2.24, 2.45) is 0 Å². The molecule has 0 aliphatic carbocycles. The number of aromatic nitrogens is 2. The topological polar surface area (TPSA) is 87.7 Å². The number of benzene rings is 1. The molecular weight excluding hydrogens is 382 g/mol. The lowest BCUT2D eigenvalue weighted by molar-refractivity contribution is -0.135. The summed E-state index contributed by atoms with van der Waals surface area (Å²) < 4.78 is 5.29. The van der Waals surface area contributed by atoms with Gasteiger partial charge in [-0.3, -0.25) is 9.59 Å². The summed E-state index contributed by atoms with van der Waals surface area (Å²) in [6.45, 7) is 2.85. The predicted molar refractivity (Wildman–Crippen MR) is 115 cm³/mol. The zero-order valence-electron chi connectivity index (χ0n) is 18.0. The van der Waals surface area contributed by atoms with Crippen LogP contribution in [-0.2, 0) is 4.79 Å². The fourth-order valence-corrected chi connectivity index (χ4v) is 3.67. The van der Waals surface area contributed by atoms with Gasteiger partial charge in [0.1, 0.15) is 5.75 Å². The summed E-state index contributed by atoms with van der Waals surface area (Å²) in [7, 11) is 5.32. The first-order chi connectivity index (χ1) is 14.4. The van der Waals surface area contributed by atoms with E-state index in [1.165, 1.54) is 0 Å². The summed E-state index contributed by atoms with van der Waals surface area (Å²) in [5.74, 6) is 0.947. The van der Waals surface area contributed by atoms with Crippen LogP contribution in [0.5, 0.6) is 5.75 Å². The van der Waals surface area contributed by atoms with Crippen LogP contribution in [0.4, 0.5) is 5.69 Å². The molecular formula is C22H29N5O3. The number of carbonyl (C=O) groups is 2. The van der Waals surface area contributed by atoms with Gasteiger partial charge in [-0.2, -0.15) is 0 Å². The Kier molecular flexibility index (Phi) is 6.99. The molecule has 1 atom stereocenters. The monoisotopic (exact) mass is 411 g/mol. The lowest BCUT2D eigenvalue weighted by Crippen LogP contribution is -2.43. The number of carbonyl (C=O) groups excluding carboxylic acids is 2. The molecule has 1 saturated heterocycles. The van der Waals surface area contributed by atoms with Gasteiger partial charge in [0.25, 0.3) is 5.91 Å². The van der Waals surface area contributed by atoms with Gasteiger partial charge in [-0.15, -0.1) is 0 Å². The zero-order chi connectivity index (χ0) is 21.7. The van der Waals surface area contributed by atoms with Crippen LogP contribution in [0.25, 0.3) is 0 Å². The van der Waals surface area contributed by atoms with E-state index < -0.39 is 0 Å². The fraction of sp³-hybridized carbons (Fsp3) is 0.455. The van der Waals surface area contributed by atoms with Crippen LogP contribution in [-0.4, -0.2) is 65.9 Å². The largest absolute Gasteiger partial charge is 0.495 e.